The van der Waals surface area contributed by atoms with Gasteiger partial charge in [-0.25, -0.2) is 13.6 Å². The summed E-state index contributed by atoms with van der Waals surface area (Å²) in [5.74, 6) is 0.378. The third-order valence-corrected chi connectivity index (χ3v) is 3.28. The van der Waals surface area contributed by atoms with Gasteiger partial charge in [0.2, 0.25) is 0 Å². The molecule has 0 aliphatic heterocycles. The van der Waals surface area contributed by atoms with E-state index >= 15 is 0 Å². The van der Waals surface area contributed by atoms with Crippen molar-refractivity contribution in [2.24, 2.45) is 5.92 Å². The van der Waals surface area contributed by atoms with E-state index < -0.39 is 18.6 Å². The van der Waals surface area contributed by atoms with Gasteiger partial charge in [-0.2, -0.15) is 0 Å². The van der Waals surface area contributed by atoms with Crippen LogP contribution >= 0.6 is 0 Å². The second-order valence-corrected chi connectivity index (χ2v) is 4.70. The molecule has 0 saturated heterocycles. The Hall–Kier alpha value is -0.910. The van der Waals surface area contributed by atoms with Gasteiger partial charge in [-0.3, -0.25) is 0 Å². The van der Waals surface area contributed by atoms with Crippen LogP contribution < -0.4 is 10.6 Å². The van der Waals surface area contributed by atoms with Crippen LogP contribution in [0.1, 0.15) is 32.6 Å². The molecule has 0 aromatic heterocycles. The van der Waals surface area contributed by atoms with Crippen molar-refractivity contribution in [2.45, 2.75) is 51.1 Å². The quantitative estimate of drug-likeness (QED) is 0.700. The molecule has 4 nitrogen and oxygen atoms in total. The Bertz CT molecular complexity index is 244. The predicted octanol–water partition coefficient (Wildman–Crippen LogP) is 2.06. The number of amides is 1. The van der Waals surface area contributed by atoms with Gasteiger partial charge >= 0.3 is 6.09 Å². The first kappa shape index (κ1) is 14.2. The van der Waals surface area contributed by atoms with Gasteiger partial charge in [-0.1, -0.05) is 0 Å². The highest BCUT2D eigenvalue weighted by Gasteiger charge is 2.23. The molecule has 1 unspecified atom stereocenters. The molecule has 1 atom stereocenters. The SMILES string of the molecule is CC(NC[C@H]1CC[C@H](NC(=O)O)CC1)C(F)F. The Morgan fingerprint density at radius 2 is 1.94 bits per heavy atom. The Morgan fingerprint density at radius 3 is 2.41 bits per heavy atom. The molecular formula is C11H20F2N2O2. The number of nitrogens with one attached hydrogen (secondary N) is 2. The normalized spacial score (nSPS) is 26.8. The highest BCUT2D eigenvalue weighted by atomic mass is 19.3. The predicted molar refractivity (Wildman–Crippen MR) is 60.4 cm³/mol. The molecule has 0 aromatic rings. The number of hydrogen-bond donors (Lipinski definition) is 3. The van der Waals surface area contributed by atoms with E-state index in [0.29, 0.717) is 12.5 Å². The summed E-state index contributed by atoms with van der Waals surface area (Å²) in [6.45, 7) is 2.06. The van der Waals surface area contributed by atoms with Crippen LogP contribution in [-0.2, 0) is 0 Å². The average Bonchev–Trinajstić information content (AvgIpc) is 2.26. The molecule has 3 N–H and O–H groups in total. The molecule has 0 heterocycles. The van der Waals surface area contributed by atoms with Gasteiger partial charge in [0.1, 0.15) is 0 Å². The second kappa shape index (κ2) is 6.74. The molecule has 1 aliphatic carbocycles. The lowest BCUT2D eigenvalue weighted by molar-refractivity contribution is 0.102. The topological polar surface area (TPSA) is 61.4 Å². The lowest BCUT2D eigenvalue weighted by Crippen LogP contribution is -2.40. The van der Waals surface area contributed by atoms with Crippen molar-refractivity contribution in [3.63, 3.8) is 0 Å². The standard InChI is InChI=1S/C11H20F2N2O2/c1-7(10(12)13)14-6-8-2-4-9(5-3-8)15-11(16)17/h7-10,14-15H,2-6H2,1H3,(H,16,17)/t7?,8-,9-. The highest BCUT2D eigenvalue weighted by molar-refractivity contribution is 5.64. The van der Waals surface area contributed by atoms with Gasteiger partial charge in [0.25, 0.3) is 6.43 Å². The first-order valence-corrected chi connectivity index (χ1v) is 6.00. The summed E-state index contributed by atoms with van der Waals surface area (Å²) in [6.07, 6.45) is 0.0310. The van der Waals surface area contributed by atoms with Crippen LogP contribution in [0.25, 0.3) is 0 Å². The zero-order chi connectivity index (χ0) is 12.8. The Kier molecular flexibility index (Phi) is 5.61. The fourth-order valence-corrected chi connectivity index (χ4v) is 2.13. The minimum atomic E-state index is -2.33. The molecule has 0 spiro atoms. The number of rotatable bonds is 5. The zero-order valence-corrected chi connectivity index (χ0v) is 9.96. The monoisotopic (exact) mass is 250 g/mol. The molecule has 0 bridgehead atoms. The van der Waals surface area contributed by atoms with E-state index in [9.17, 15) is 13.6 Å². The number of carbonyl (C=O) groups is 1. The van der Waals surface area contributed by atoms with Crippen LogP contribution in [0.4, 0.5) is 13.6 Å². The smallest absolute Gasteiger partial charge is 0.404 e. The zero-order valence-electron chi connectivity index (χ0n) is 9.96. The van der Waals surface area contributed by atoms with Gasteiger partial charge in [0, 0.05) is 6.04 Å². The number of halogens is 2. The molecule has 0 aromatic carbocycles. The number of alkyl halides is 2. The molecule has 1 amide bonds. The van der Waals surface area contributed by atoms with Gasteiger partial charge in [-0.05, 0) is 45.1 Å². The summed E-state index contributed by atoms with van der Waals surface area (Å²) in [5, 5.41) is 13.8. The van der Waals surface area contributed by atoms with E-state index in [2.05, 4.69) is 10.6 Å². The first-order chi connectivity index (χ1) is 7.99. The van der Waals surface area contributed by atoms with Crippen molar-refractivity contribution in [2.75, 3.05) is 6.54 Å². The number of hydrogen-bond acceptors (Lipinski definition) is 2. The molecule has 1 aliphatic rings. The summed E-state index contributed by atoms with van der Waals surface area (Å²) in [5.41, 5.74) is 0. The first-order valence-electron chi connectivity index (χ1n) is 6.00. The average molecular weight is 250 g/mol. The van der Waals surface area contributed by atoms with Crippen molar-refractivity contribution >= 4 is 6.09 Å². The summed E-state index contributed by atoms with van der Waals surface area (Å²) in [7, 11) is 0. The molecule has 1 rings (SSSR count). The van der Waals surface area contributed by atoms with Crippen LogP contribution in [0.3, 0.4) is 0 Å². The van der Waals surface area contributed by atoms with E-state index in [1.807, 2.05) is 0 Å². The van der Waals surface area contributed by atoms with Crippen LogP contribution in [0.15, 0.2) is 0 Å². The van der Waals surface area contributed by atoms with Crippen molar-refractivity contribution in [1.82, 2.24) is 10.6 Å². The van der Waals surface area contributed by atoms with E-state index in [1.165, 1.54) is 6.92 Å². The minimum absolute atomic E-state index is 0.0243. The van der Waals surface area contributed by atoms with Crippen LogP contribution in [0, 0.1) is 5.92 Å². The molecule has 0 radical (unpaired) electrons. The Balaban J connectivity index is 2.17. The summed E-state index contributed by atoms with van der Waals surface area (Å²) in [4.78, 5) is 10.4. The van der Waals surface area contributed by atoms with Crippen molar-refractivity contribution in [3.8, 4) is 0 Å². The van der Waals surface area contributed by atoms with Crippen LogP contribution in [-0.4, -0.2) is 36.3 Å². The lowest BCUT2D eigenvalue weighted by Gasteiger charge is -2.29. The van der Waals surface area contributed by atoms with Gasteiger partial charge in [-0.15, -0.1) is 0 Å². The van der Waals surface area contributed by atoms with Crippen LogP contribution in [0.5, 0.6) is 0 Å². The third-order valence-electron chi connectivity index (χ3n) is 3.28. The van der Waals surface area contributed by atoms with E-state index in [4.69, 9.17) is 5.11 Å². The summed E-state index contributed by atoms with van der Waals surface area (Å²) in [6, 6.07) is -0.749. The molecule has 1 saturated carbocycles. The number of carboxylic acid groups (broad SMARTS) is 1. The molecule has 1 fully saturated rings. The van der Waals surface area contributed by atoms with Gasteiger partial charge < -0.3 is 15.7 Å². The van der Waals surface area contributed by atoms with Crippen LogP contribution in [0.2, 0.25) is 0 Å². The van der Waals surface area contributed by atoms with Gasteiger partial charge in [0.15, 0.2) is 0 Å². The third kappa shape index (κ3) is 5.30. The second-order valence-electron chi connectivity index (χ2n) is 4.70. The fraction of sp³-hybridized carbons (Fsp3) is 0.909. The molecule has 6 heteroatoms. The molecule has 17 heavy (non-hydrogen) atoms. The maximum absolute atomic E-state index is 12.3. The Morgan fingerprint density at radius 1 is 1.35 bits per heavy atom. The summed E-state index contributed by atoms with van der Waals surface area (Å²) >= 11 is 0. The largest absolute Gasteiger partial charge is 0.465 e. The maximum atomic E-state index is 12.3. The molecule has 100 valence electrons. The maximum Gasteiger partial charge on any atom is 0.404 e. The van der Waals surface area contributed by atoms with Gasteiger partial charge in [0.05, 0.1) is 6.04 Å². The van der Waals surface area contributed by atoms with Crippen molar-refractivity contribution < 1.29 is 18.7 Å². The lowest BCUT2D eigenvalue weighted by atomic mass is 9.86. The Labute approximate surface area is 99.8 Å². The highest BCUT2D eigenvalue weighted by Crippen LogP contribution is 2.23. The summed E-state index contributed by atoms with van der Waals surface area (Å²) < 4.78 is 24.5. The fourth-order valence-electron chi connectivity index (χ4n) is 2.13. The van der Waals surface area contributed by atoms with E-state index in [1.54, 1.807) is 0 Å². The minimum Gasteiger partial charge on any atom is -0.465 e. The van der Waals surface area contributed by atoms with Crippen molar-refractivity contribution in [3.05, 3.63) is 0 Å². The van der Waals surface area contributed by atoms with E-state index in [-0.39, 0.29) is 6.04 Å². The van der Waals surface area contributed by atoms with E-state index in [0.717, 1.165) is 25.7 Å². The molecular weight excluding hydrogens is 230 g/mol. The van der Waals surface area contributed by atoms with Crippen molar-refractivity contribution in [1.29, 1.82) is 0 Å².